The normalized spacial score (nSPS) is 13.8. The number of urea groups is 1. The Morgan fingerprint density at radius 2 is 1.74 bits per heavy atom. The third-order valence-electron chi connectivity index (χ3n) is 5.96. The fraction of sp³-hybridized carbons (Fsp3) is 0.296. The number of nitrogens with one attached hydrogen (secondary N) is 1. The van der Waals surface area contributed by atoms with Gasteiger partial charge in [-0.3, -0.25) is 9.78 Å². The maximum atomic E-state index is 13.3. The SMILES string of the molecule is Cc1cc(C(=O)N2CCCN(C(=O)Nc3cccc(Cl)c3)CC2)cc(C)c1OCc1cccnc1. The summed E-state index contributed by atoms with van der Waals surface area (Å²) in [6.07, 6.45) is 4.22. The minimum Gasteiger partial charge on any atom is -0.488 e. The van der Waals surface area contributed by atoms with Crippen molar-refractivity contribution in [2.24, 2.45) is 0 Å². The molecule has 3 aromatic rings. The Morgan fingerprint density at radius 3 is 2.46 bits per heavy atom. The van der Waals surface area contributed by atoms with Crippen LogP contribution in [0, 0.1) is 13.8 Å². The highest BCUT2D eigenvalue weighted by Gasteiger charge is 2.24. The van der Waals surface area contributed by atoms with Crippen molar-refractivity contribution in [1.29, 1.82) is 0 Å². The average molecular weight is 493 g/mol. The smallest absolute Gasteiger partial charge is 0.321 e. The van der Waals surface area contributed by atoms with Crippen LogP contribution in [0.4, 0.5) is 10.5 Å². The second kappa shape index (κ2) is 11.2. The van der Waals surface area contributed by atoms with E-state index in [1.165, 1.54) is 0 Å². The average Bonchev–Trinajstić information content (AvgIpc) is 3.10. The van der Waals surface area contributed by atoms with Crippen molar-refractivity contribution < 1.29 is 14.3 Å². The third kappa shape index (κ3) is 6.31. The zero-order chi connectivity index (χ0) is 24.8. The molecule has 3 amide bonds. The number of hydrogen-bond acceptors (Lipinski definition) is 4. The van der Waals surface area contributed by atoms with Crippen LogP contribution >= 0.6 is 11.6 Å². The molecule has 8 heteroatoms. The highest BCUT2D eigenvalue weighted by molar-refractivity contribution is 6.30. The van der Waals surface area contributed by atoms with Crippen LogP contribution in [0.1, 0.15) is 33.5 Å². The lowest BCUT2D eigenvalue weighted by atomic mass is 10.0. The van der Waals surface area contributed by atoms with Crippen LogP contribution in [0.3, 0.4) is 0 Å². The molecule has 1 fully saturated rings. The lowest BCUT2D eigenvalue weighted by Crippen LogP contribution is -2.39. The van der Waals surface area contributed by atoms with Crippen molar-refractivity contribution in [2.75, 3.05) is 31.5 Å². The van der Waals surface area contributed by atoms with Gasteiger partial charge < -0.3 is 19.9 Å². The number of aromatic nitrogens is 1. The summed E-state index contributed by atoms with van der Waals surface area (Å²) in [5.74, 6) is 0.747. The fourth-order valence-corrected chi connectivity index (χ4v) is 4.41. The summed E-state index contributed by atoms with van der Waals surface area (Å²) in [6.45, 7) is 6.43. The van der Waals surface area contributed by atoms with E-state index in [4.69, 9.17) is 16.3 Å². The van der Waals surface area contributed by atoms with Gasteiger partial charge >= 0.3 is 6.03 Å². The maximum Gasteiger partial charge on any atom is 0.321 e. The first-order valence-corrected chi connectivity index (χ1v) is 12.0. The van der Waals surface area contributed by atoms with Crippen LogP contribution in [0.5, 0.6) is 5.75 Å². The van der Waals surface area contributed by atoms with E-state index < -0.39 is 0 Å². The van der Waals surface area contributed by atoms with Crippen molar-refractivity contribution in [3.05, 3.63) is 88.2 Å². The lowest BCUT2D eigenvalue weighted by Gasteiger charge is -2.23. The summed E-state index contributed by atoms with van der Waals surface area (Å²) in [6, 6.07) is 14.5. The second-order valence-corrected chi connectivity index (χ2v) is 9.10. The van der Waals surface area contributed by atoms with E-state index in [0.717, 1.165) is 22.4 Å². The number of rotatable bonds is 5. The summed E-state index contributed by atoms with van der Waals surface area (Å²) < 4.78 is 6.03. The molecule has 1 saturated heterocycles. The molecule has 0 spiro atoms. The van der Waals surface area contributed by atoms with Crippen molar-refractivity contribution in [3.63, 3.8) is 0 Å². The highest BCUT2D eigenvalue weighted by Crippen LogP contribution is 2.27. The van der Waals surface area contributed by atoms with Crippen LogP contribution < -0.4 is 10.1 Å². The molecule has 0 saturated carbocycles. The predicted octanol–water partition coefficient (Wildman–Crippen LogP) is 5.31. The fourth-order valence-electron chi connectivity index (χ4n) is 4.22. The zero-order valence-corrected chi connectivity index (χ0v) is 20.7. The summed E-state index contributed by atoms with van der Waals surface area (Å²) in [5.41, 5.74) is 4.09. The molecule has 2 heterocycles. The Labute approximate surface area is 210 Å². The van der Waals surface area contributed by atoms with E-state index in [1.54, 1.807) is 41.6 Å². The first kappa shape index (κ1) is 24.5. The standard InChI is InChI=1S/C27H29ClN4O3/c1-19-14-22(15-20(2)25(19)35-18-21-6-4-9-29-17-21)26(33)31-10-5-11-32(13-12-31)27(34)30-24-8-3-7-23(28)16-24/h3-4,6-9,14-17H,5,10-13,18H2,1-2H3,(H,30,34). The molecule has 4 rings (SSSR count). The summed E-state index contributed by atoms with van der Waals surface area (Å²) in [7, 11) is 0. The molecule has 0 bridgehead atoms. The molecular formula is C27H29ClN4O3. The number of nitrogens with zero attached hydrogens (tertiary/aromatic N) is 3. The first-order chi connectivity index (χ1) is 16.9. The summed E-state index contributed by atoms with van der Waals surface area (Å²) in [4.78, 5) is 33.7. The topological polar surface area (TPSA) is 74.8 Å². The van der Waals surface area contributed by atoms with E-state index in [2.05, 4.69) is 10.3 Å². The Hall–Kier alpha value is -3.58. The molecule has 1 aliphatic heterocycles. The van der Waals surface area contributed by atoms with Crippen molar-refractivity contribution in [2.45, 2.75) is 26.9 Å². The first-order valence-electron chi connectivity index (χ1n) is 11.6. The quantitative estimate of drug-likeness (QED) is 0.523. The number of carbonyl (C=O) groups excluding carboxylic acids is 2. The Kier molecular flexibility index (Phi) is 7.87. The highest BCUT2D eigenvalue weighted by atomic mass is 35.5. The molecule has 1 N–H and O–H groups in total. The molecule has 0 atom stereocenters. The number of anilines is 1. The van der Waals surface area contributed by atoms with Crippen LogP contribution in [0.2, 0.25) is 5.02 Å². The Balaban J connectivity index is 1.38. The number of benzene rings is 2. The number of pyridine rings is 1. The van der Waals surface area contributed by atoms with Gasteiger partial charge in [0.2, 0.25) is 0 Å². The number of halogens is 1. The molecule has 2 aromatic carbocycles. The molecule has 182 valence electrons. The van der Waals surface area contributed by atoms with Gasteiger partial charge in [-0.2, -0.15) is 0 Å². The number of amides is 3. The third-order valence-corrected chi connectivity index (χ3v) is 6.19. The van der Waals surface area contributed by atoms with Gasteiger partial charge in [-0.15, -0.1) is 0 Å². The van der Waals surface area contributed by atoms with Crippen LogP contribution in [-0.4, -0.2) is 52.9 Å². The van der Waals surface area contributed by atoms with E-state index in [0.29, 0.717) is 55.5 Å². The molecule has 7 nitrogen and oxygen atoms in total. The Morgan fingerprint density at radius 1 is 1.00 bits per heavy atom. The number of hydrogen-bond donors (Lipinski definition) is 1. The monoisotopic (exact) mass is 492 g/mol. The van der Waals surface area contributed by atoms with Crippen molar-refractivity contribution in [1.82, 2.24) is 14.8 Å². The van der Waals surface area contributed by atoms with Crippen molar-refractivity contribution in [3.8, 4) is 5.75 Å². The van der Waals surface area contributed by atoms with Gasteiger partial charge in [-0.05, 0) is 67.8 Å². The maximum absolute atomic E-state index is 13.3. The lowest BCUT2D eigenvalue weighted by molar-refractivity contribution is 0.0762. The van der Waals surface area contributed by atoms with Crippen LogP contribution in [-0.2, 0) is 6.61 Å². The molecule has 1 aromatic heterocycles. The largest absolute Gasteiger partial charge is 0.488 e. The Bertz CT molecular complexity index is 1180. The van der Waals surface area contributed by atoms with Gasteiger partial charge in [0.1, 0.15) is 12.4 Å². The molecule has 1 aliphatic rings. The predicted molar refractivity (Wildman–Crippen MR) is 137 cm³/mol. The molecule has 0 radical (unpaired) electrons. The van der Waals surface area contributed by atoms with E-state index in [1.807, 2.05) is 43.0 Å². The number of aryl methyl sites for hydroxylation is 2. The van der Waals surface area contributed by atoms with Gasteiger partial charge in [-0.25, -0.2) is 4.79 Å². The van der Waals surface area contributed by atoms with Crippen molar-refractivity contribution >= 4 is 29.2 Å². The molecule has 35 heavy (non-hydrogen) atoms. The van der Waals surface area contributed by atoms with Gasteiger partial charge in [0, 0.05) is 60.4 Å². The second-order valence-electron chi connectivity index (χ2n) is 8.66. The van der Waals surface area contributed by atoms with Crippen LogP contribution in [0.25, 0.3) is 0 Å². The van der Waals surface area contributed by atoms with Gasteiger partial charge in [0.25, 0.3) is 5.91 Å². The summed E-state index contributed by atoms with van der Waals surface area (Å²) >= 11 is 6.01. The molecule has 0 unspecified atom stereocenters. The van der Waals surface area contributed by atoms with E-state index in [9.17, 15) is 9.59 Å². The zero-order valence-electron chi connectivity index (χ0n) is 20.0. The number of carbonyl (C=O) groups is 2. The molecular weight excluding hydrogens is 464 g/mol. The van der Waals surface area contributed by atoms with Gasteiger partial charge in [-0.1, -0.05) is 23.7 Å². The minimum atomic E-state index is -0.191. The van der Waals surface area contributed by atoms with Gasteiger partial charge in [0.15, 0.2) is 0 Å². The van der Waals surface area contributed by atoms with E-state index >= 15 is 0 Å². The minimum absolute atomic E-state index is 0.0351. The van der Waals surface area contributed by atoms with Gasteiger partial charge in [0.05, 0.1) is 0 Å². The van der Waals surface area contributed by atoms with E-state index in [-0.39, 0.29) is 11.9 Å². The molecule has 0 aliphatic carbocycles. The summed E-state index contributed by atoms with van der Waals surface area (Å²) in [5, 5.41) is 3.45. The number of ether oxygens (including phenoxy) is 1. The van der Waals surface area contributed by atoms with Crippen LogP contribution in [0.15, 0.2) is 60.9 Å².